The smallest absolute Gasteiger partial charge is 0.277 e. The third-order valence-electron chi connectivity index (χ3n) is 2.27. The van der Waals surface area contributed by atoms with Crippen LogP contribution in [-0.4, -0.2) is 19.6 Å². The number of aromatic amines is 1. The molecule has 0 atom stereocenters. The lowest BCUT2D eigenvalue weighted by Crippen LogP contribution is -2.12. The summed E-state index contributed by atoms with van der Waals surface area (Å²) in [4.78, 5) is 18.6. The summed E-state index contributed by atoms with van der Waals surface area (Å²) in [5.74, 6) is 1.23. The SMILES string of the molecule is Cc1nc(CC(C)C)c2c(=O)[nH]cnn12. The number of nitrogens with zero attached hydrogens (tertiary/aromatic N) is 3. The van der Waals surface area contributed by atoms with E-state index in [4.69, 9.17) is 0 Å². The molecule has 2 aromatic heterocycles. The fourth-order valence-corrected chi connectivity index (χ4v) is 1.69. The van der Waals surface area contributed by atoms with Gasteiger partial charge in [-0.15, -0.1) is 0 Å². The molecule has 15 heavy (non-hydrogen) atoms. The quantitative estimate of drug-likeness (QED) is 0.794. The van der Waals surface area contributed by atoms with Crippen molar-refractivity contribution in [3.63, 3.8) is 0 Å². The van der Waals surface area contributed by atoms with Crippen LogP contribution in [0.15, 0.2) is 11.1 Å². The average Bonchev–Trinajstić information content (AvgIpc) is 2.44. The summed E-state index contributed by atoms with van der Waals surface area (Å²) in [7, 11) is 0. The summed E-state index contributed by atoms with van der Waals surface area (Å²) in [6.45, 7) is 6.05. The van der Waals surface area contributed by atoms with Crippen LogP contribution in [0.3, 0.4) is 0 Å². The molecule has 2 rings (SSSR count). The van der Waals surface area contributed by atoms with Gasteiger partial charge in [0.25, 0.3) is 5.56 Å². The summed E-state index contributed by atoms with van der Waals surface area (Å²) < 4.78 is 1.59. The highest BCUT2D eigenvalue weighted by atomic mass is 16.1. The Balaban J connectivity index is 2.70. The summed E-state index contributed by atoms with van der Waals surface area (Å²) >= 11 is 0. The van der Waals surface area contributed by atoms with Gasteiger partial charge < -0.3 is 4.98 Å². The molecular formula is C10H14N4O. The topological polar surface area (TPSA) is 63.0 Å². The summed E-state index contributed by atoms with van der Waals surface area (Å²) in [6, 6.07) is 0. The number of rotatable bonds is 2. The van der Waals surface area contributed by atoms with Crippen LogP contribution < -0.4 is 5.56 Å². The molecule has 80 valence electrons. The first kappa shape index (κ1) is 9.89. The zero-order chi connectivity index (χ0) is 11.0. The van der Waals surface area contributed by atoms with E-state index < -0.39 is 0 Å². The molecule has 0 fully saturated rings. The van der Waals surface area contributed by atoms with Crippen molar-refractivity contribution in [3.05, 3.63) is 28.2 Å². The van der Waals surface area contributed by atoms with Gasteiger partial charge in [0.2, 0.25) is 0 Å². The zero-order valence-electron chi connectivity index (χ0n) is 9.11. The highest BCUT2D eigenvalue weighted by molar-refractivity contribution is 5.50. The van der Waals surface area contributed by atoms with Gasteiger partial charge in [0, 0.05) is 0 Å². The Morgan fingerprint density at radius 1 is 1.53 bits per heavy atom. The molecular weight excluding hydrogens is 192 g/mol. The van der Waals surface area contributed by atoms with Crippen molar-refractivity contribution in [3.8, 4) is 0 Å². The van der Waals surface area contributed by atoms with Crippen LogP contribution in [0, 0.1) is 12.8 Å². The maximum absolute atomic E-state index is 11.6. The van der Waals surface area contributed by atoms with Crippen molar-refractivity contribution in [1.29, 1.82) is 0 Å². The van der Waals surface area contributed by atoms with Crippen molar-refractivity contribution in [2.24, 2.45) is 5.92 Å². The van der Waals surface area contributed by atoms with E-state index in [0.29, 0.717) is 11.4 Å². The molecule has 0 aliphatic heterocycles. The van der Waals surface area contributed by atoms with Crippen molar-refractivity contribution in [2.45, 2.75) is 27.2 Å². The van der Waals surface area contributed by atoms with Crippen LogP contribution in [-0.2, 0) is 6.42 Å². The van der Waals surface area contributed by atoms with Gasteiger partial charge in [-0.25, -0.2) is 9.50 Å². The highest BCUT2D eigenvalue weighted by Crippen LogP contribution is 2.11. The Morgan fingerprint density at radius 3 is 2.93 bits per heavy atom. The number of nitrogens with one attached hydrogen (secondary N) is 1. The van der Waals surface area contributed by atoms with Gasteiger partial charge in [-0.05, 0) is 19.3 Å². The Hall–Kier alpha value is -1.65. The number of aryl methyl sites for hydroxylation is 1. The molecule has 0 bridgehead atoms. The number of imidazole rings is 1. The van der Waals surface area contributed by atoms with Crippen LogP contribution >= 0.6 is 0 Å². The van der Waals surface area contributed by atoms with Crippen LogP contribution in [0.5, 0.6) is 0 Å². The van der Waals surface area contributed by atoms with Crippen LogP contribution in [0.1, 0.15) is 25.4 Å². The van der Waals surface area contributed by atoms with Gasteiger partial charge >= 0.3 is 0 Å². The molecule has 0 saturated carbocycles. The number of aromatic nitrogens is 4. The number of hydrogen-bond acceptors (Lipinski definition) is 3. The Labute approximate surface area is 87.2 Å². The second-order valence-corrected chi connectivity index (χ2v) is 4.08. The predicted molar refractivity (Wildman–Crippen MR) is 56.9 cm³/mol. The van der Waals surface area contributed by atoms with E-state index >= 15 is 0 Å². The molecule has 0 aliphatic rings. The lowest BCUT2D eigenvalue weighted by atomic mass is 10.1. The van der Waals surface area contributed by atoms with Crippen LogP contribution in [0.25, 0.3) is 5.52 Å². The summed E-state index contributed by atoms with van der Waals surface area (Å²) in [5.41, 5.74) is 1.28. The number of hydrogen-bond donors (Lipinski definition) is 1. The van der Waals surface area contributed by atoms with Gasteiger partial charge in [0.05, 0.1) is 5.69 Å². The summed E-state index contributed by atoms with van der Waals surface area (Å²) in [6.07, 6.45) is 2.19. The van der Waals surface area contributed by atoms with Crippen molar-refractivity contribution in [2.75, 3.05) is 0 Å². The molecule has 5 nitrogen and oxygen atoms in total. The van der Waals surface area contributed by atoms with Gasteiger partial charge in [0.1, 0.15) is 12.2 Å². The van der Waals surface area contributed by atoms with E-state index in [2.05, 4.69) is 28.9 Å². The minimum Gasteiger partial charge on any atom is -0.310 e. The van der Waals surface area contributed by atoms with E-state index in [1.165, 1.54) is 6.33 Å². The maximum atomic E-state index is 11.6. The minimum atomic E-state index is -0.124. The van der Waals surface area contributed by atoms with E-state index in [1.807, 2.05) is 6.92 Å². The first-order chi connectivity index (χ1) is 7.09. The third-order valence-corrected chi connectivity index (χ3v) is 2.27. The molecule has 0 unspecified atom stereocenters. The minimum absolute atomic E-state index is 0.124. The largest absolute Gasteiger partial charge is 0.310 e. The Morgan fingerprint density at radius 2 is 2.27 bits per heavy atom. The normalized spacial score (nSPS) is 11.5. The molecule has 2 heterocycles. The van der Waals surface area contributed by atoms with Crippen LogP contribution in [0.4, 0.5) is 0 Å². The standard InChI is InChI=1S/C10H14N4O/c1-6(2)4-8-9-10(15)11-5-12-14(9)7(3)13-8/h5-6H,4H2,1-3H3,(H,11,12,15). The molecule has 0 amide bonds. The second-order valence-electron chi connectivity index (χ2n) is 4.08. The Bertz CT molecular complexity index is 538. The van der Waals surface area contributed by atoms with Crippen molar-refractivity contribution < 1.29 is 0 Å². The second kappa shape index (κ2) is 3.49. The van der Waals surface area contributed by atoms with Crippen molar-refractivity contribution in [1.82, 2.24) is 19.6 Å². The van der Waals surface area contributed by atoms with E-state index in [1.54, 1.807) is 4.52 Å². The van der Waals surface area contributed by atoms with E-state index in [9.17, 15) is 4.79 Å². The van der Waals surface area contributed by atoms with E-state index in [0.717, 1.165) is 17.9 Å². The van der Waals surface area contributed by atoms with Crippen LogP contribution in [0.2, 0.25) is 0 Å². The molecule has 2 aromatic rings. The van der Waals surface area contributed by atoms with Gasteiger partial charge in [-0.3, -0.25) is 4.79 Å². The molecule has 0 aromatic carbocycles. The van der Waals surface area contributed by atoms with E-state index in [-0.39, 0.29) is 5.56 Å². The monoisotopic (exact) mass is 206 g/mol. The predicted octanol–water partition coefficient (Wildman–Crippen LogP) is 0.925. The lowest BCUT2D eigenvalue weighted by Gasteiger charge is -2.00. The first-order valence-corrected chi connectivity index (χ1v) is 5.01. The fourth-order valence-electron chi connectivity index (χ4n) is 1.69. The Kier molecular flexibility index (Phi) is 2.30. The molecule has 0 aliphatic carbocycles. The zero-order valence-corrected chi connectivity index (χ0v) is 9.11. The molecule has 5 heteroatoms. The van der Waals surface area contributed by atoms with Crippen molar-refractivity contribution >= 4 is 5.52 Å². The summed E-state index contributed by atoms with van der Waals surface area (Å²) in [5, 5.41) is 4.07. The number of H-pyrrole nitrogens is 1. The van der Waals surface area contributed by atoms with Gasteiger partial charge in [-0.1, -0.05) is 13.8 Å². The highest BCUT2D eigenvalue weighted by Gasteiger charge is 2.13. The fraction of sp³-hybridized carbons (Fsp3) is 0.500. The molecule has 0 saturated heterocycles. The maximum Gasteiger partial charge on any atom is 0.277 e. The third kappa shape index (κ3) is 1.65. The number of fused-ring (bicyclic) bond motifs is 1. The van der Waals surface area contributed by atoms with Gasteiger partial charge in [-0.2, -0.15) is 5.10 Å². The first-order valence-electron chi connectivity index (χ1n) is 5.01. The lowest BCUT2D eigenvalue weighted by molar-refractivity contribution is 0.639. The average molecular weight is 206 g/mol. The molecule has 0 spiro atoms. The molecule has 1 N–H and O–H groups in total. The molecule has 0 radical (unpaired) electrons. The van der Waals surface area contributed by atoms with Gasteiger partial charge in [0.15, 0.2) is 5.52 Å².